The highest BCUT2D eigenvalue weighted by Crippen LogP contribution is 2.26. The number of aromatic nitrogens is 3. The minimum atomic E-state index is -0.905. The fourth-order valence-corrected chi connectivity index (χ4v) is 3.73. The van der Waals surface area contributed by atoms with Gasteiger partial charge in [-0.2, -0.15) is 10.4 Å². The van der Waals surface area contributed by atoms with E-state index in [4.69, 9.17) is 11.0 Å². The van der Waals surface area contributed by atoms with E-state index in [1.807, 2.05) is 0 Å². The second kappa shape index (κ2) is 8.90. The lowest BCUT2D eigenvalue weighted by atomic mass is 10.1. The number of fused-ring (bicyclic) bond motifs is 1. The van der Waals surface area contributed by atoms with Crippen LogP contribution in [0.15, 0.2) is 36.4 Å². The normalized spacial score (nSPS) is 10.9. The molecular weight excluding hydrogens is 461 g/mol. The molecule has 4 rings (SSSR count). The predicted octanol–water partition coefficient (Wildman–Crippen LogP) is 3.74. The van der Waals surface area contributed by atoms with E-state index >= 15 is 0 Å². The van der Waals surface area contributed by atoms with Crippen molar-refractivity contribution in [2.24, 2.45) is 5.73 Å². The maximum atomic E-state index is 14.6. The van der Waals surface area contributed by atoms with Crippen LogP contribution in [0.25, 0.3) is 10.9 Å². The van der Waals surface area contributed by atoms with Crippen LogP contribution < -0.4 is 11.1 Å². The molecule has 0 saturated carbocycles. The molecule has 35 heavy (non-hydrogen) atoms. The number of carbonyl (C=O) groups is 2. The summed E-state index contributed by atoms with van der Waals surface area (Å²) in [5.74, 6) is -4.18. The summed E-state index contributed by atoms with van der Waals surface area (Å²) in [5.41, 5.74) is 5.48. The average molecular weight is 478 g/mol. The first-order valence-corrected chi connectivity index (χ1v) is 10.2. The Bertz CT molecular complexity index is 1550. The van der Waals surface area contributed by atoms with Crippen molar-refractivity contribution < 1.29 is 22.8 Å². The fraction of sp³-hybridized carbons (Fsp3) is 0.125. The van der Waals surface area contributed by atoms with Gasteiger partial charge in [0.25, 0.3) is 11.8 Å². The van der Waals surface area contributed by atoms with Gasteiger partial charge in [0.05, 0.1) is 46.3 Å². The number of primary amides is 1. The Morgan fingerprint density at radius 3 is 2.43 bits per heavy atom. The molecule has 0 aliphatic heterocycles. The van der Waals surface area contributed by atoms with Crippen LogP contribution in [-0.2, 0) is 6.54 Å². The van der Waals surface area contributed by atoms with Crippen molar-refractivity contribution in [2.75, 3.05) is 5.32 Å². The number of nitrogens with one attached hydrogen (secondary N) is 1. The minimum absolute atomic E-state index is 0.0716. The Kier molecular flexibility index (Phi) is 5.96. The first kappa shape index (κ1) is 23.4. The predicted molar refractivity (Wildman–Crippen MR) is 120 cm³/mol. The van der Waals surface area contributed by atoms with Gasteiger partial charge in [-0.1, -0.05) is 6.07 Å². The molecule has 3 N–H and O–H groups in total. The molecular formula is C24H17F3N6O2. The SMILES string of the molecule is Cc1nn(Cc2c(F)cc(C#N)cc2F)c(C)c1NC(=O)c1cc(C(N)=O)nc2cccc(F)c12. The molecule has 0 unspecified atom stereocenters. The molecule has 4 aromatic rings. The third kappa shape index (κ3) is 4.29. The number of halogens is 3. The Labute approximate surface area is 196 Å². The molecule has 0 radical (unpaired) electrons. The van der Waals surface area contributed by atoms with Crippen LogP contribution in [0.5, 0.6) is 0 Å². The number of amides is 2. The van der Waals surface area contributed by atoms with Gasteiger partial charge < -0.3 is 11.1 Å². The molecule has 2 aromatic heterocycles. The van der Waals surface area contributed by atoms with Crippen molar-refractivity contribution in [3.63, 3.8) is 0 Å². The van der Waals surface area contributed by atoms with Gasteiger partial charge in [-0.05, 0) is 44.2 Å². The van der Waals surface area contributed by atoms with E-state index in [9.17, 15) is 22.8 Å². The van der Waals surface area contributed by atoms with Gasteiger partial charge in [0.1, 0.15) is 23.1 Å². The number of pyridine rings is 1. The average Bonchev–Trinajstić information content (AvgIpc) is 3.07. The Balaban J connectivity index is 1.72. The molecule has 0 fully saturated rings. The van der Waals surface area contributed by atoms with Gasteiger partial charge in [0.15, 0.2) is 0 Å². The molecule has 0 aliphatic rings. The molecule has 11 heteroatoms. The van der Waals surface area contributed by atoms with Crippen LogP contribution in [0.4, 0.5) is 18.9 Å². The highest BCUT2D eigenvalue weighted by molar-refractivity contribution is 6.14. The summed E-state index contributed by atoms with van der Waals surface area (Å²) in [7, 11) is 0. The van der Waals surface area contributed by atoms with Crippen molar-refractivity contribution in [1.82, 2.24) is 14.8 Å². The number of carbonyl (C=O) groups excluding carboxylic acids is 2. The number of nitriles is 1. The van der Waals surface area contributed by atoms with E-state index in [0.717, 1.165) is 24.3 Å². The lowest BCUT2D eigenvalue weighted by Crippen LogP contribution is -2.18. The van der Waals surface area contributed by atoms with Gasteiger partial charge in [-0.3, -0.25) is 14.3 Å². The number of benzene rings is 2. The largest absolute Gasteiger partial charge is 0.364 e. The van der Waals surface area contributed by atoms with Gasteiger partial charge >= 0.3 is 0 Å². The van der Waals surface area contributed by atoms with E-state index in [1.165, 1.54) is 16.8 Å². The summed E-state index contributed by atoms with van der Waals surface area (Å²) >= 11 is 0. The third-order valence-electron chi connectivity index (χ3n) is 5.48. The number of hydrogen-bond acceptors (Lipinski definition) is 5. The molecule has 2 amide bonds. The van der Waals surface area contributed by atoms with Crippen molar-refractivity contribution in [2.45, 2.75) is 20.4 Å². The van der Waals surface area contributed by atoms with Crippen LogP contribution in [-0.4, -0.2) is 26.6 Å². The van der Waals surface area contributed by atoms with E-state index in [1.54, 1.807) is 19.9 Å². The second-order valence-electron chi connectivity index (χ2n) is 7.74. The van der Waals surface area contributed by atoms with E-state index < -0.39 is 29.3 Å². The number of nitrogens with two attached hydrogens (primary N) is 1. The summed E-state index contributed by atoms with van der Waals surface area (Å²) in [5, 5.41) is 15.6. The van der Waals surface area contributed by atoms with Crippen molar-refractivity contribution in [3.05, 3.63) is 87.6 Å². The van der Waals surface area contributed by atoms with Crippen molar-refractivity contribution in [1.29, 1.82) is 5.26 Å². The molecule has 2 heterocycles. The maximum absolute atomic E-state index is 14.6. The lowest BCUT2D eigenvalue weighted by molar-refractivity contribution is 0.0996. The summed E-state index contributed by atoms with van der Waals surface area (Å²) in [4.78, 5) is 28.8. The topological polar surface area (TPSA) is 127 Å². The summed E-state index contributed by atoms with van der Waals surface area (Å²) in [6, 6.07) is 8.60. The molecule has 2 aromatic carbocycles. The molecule has 0 atom stereocenters. The monoisotopic (exact) mass is 478 g/mol. The van der Waals surface area contributed by atoms with Crippen LogP contribution in [0.1, 0.15) is 43.4 Å². The quantitative estimate of drug-likeness (QED) is 0.452. The summed E-state index contributed by atoms with van der Waals surface area (Å²) in [6.07, 6.45) is 0. The Hall–Kier alpha value is -4.72. The molecule has 0 spiro atoms. The summed E-state index contributed by atoms with van der Waals surface area (Å²) in [6.45, 7) is 2.85. The number of aryl methyl sites for hydroxylation is 1. The minimum Gasteiger partial charge on any atom is -0.364 e. The van der Waals surface area contributed by atoms with E-state index in [-0.39, 0.29) is 45.5 Å². The zero-order valence-corrected chi connectivity index (χ0v) is 18.5. The first-order chi connectivity index (χ1) is 16.6. The molecule has 0 saturated heterocycles. The van der Waals surface area contributed by atoms with Gasteiger partial charge in [0, 0.05) is 10.9 Å². The summed E-state index contributed by atoms with van der Waals surface area (Å²) < 4.78 is 44.6. The number of anilines is 1. The molecule has 176 valence electrons. The lowest BCUT2D eigenvalue weighted by Gasteiger charge is -2.11. The molecule has 8 nitrogen and oxygen atoms in total. The first-order valence-electron chi connectivity index (χ1n) is 10.2. The smallest absolute Gasteiger partial charge is 0.267 e. The van der Waals surface area contributed by atoms with Crippen LogP contribution in [0, 0.1) is 42.6 Å². The molecule has 0 aliphatic carbocycles. The highest BCUT2D eigenvalue weighted by Gasteiger charge is 2.22. The number of nitrogens with zero attached hydrogens (tertiary/aromatic N) is 4. The fourth-order valence-electron chi connectivity index (χ4n) is 3.73. The number of rotatable bonds is 5. The van der Waals surface area contributed by atoms with E-state index in [0.29, 0.717) is 11.4 Å². The Morgan fingerprint density at radius 2 is 1.80 bits per heavy atom. The standard InChI is InChI=1S/C24H17F3N6O2/c1-11-22(12(2)33(32-11)10-15-17(26)6-13(9-28)7-18(15)27)31-24(35)14-8-20(23(29)34)30-19-5-3-4-16(25)21(14)19/h3-8H,10H2,1-2H3,(H2,29,34)(H,31,35). The van der Waals surface area contributed by atoms with Crippen molar-refractivity contribution in [3.8, 4) is 6.07 Å². The zero-order chi connectivity index (χ0) is 25.4. The molecule has 0 bridgehead atoms. The zero-order valence-electron chi connectivity index (χ0n) is 18.5. The number of hydrogen-bond donors (Lipinski definition) is 2. The van der Waals surface area contributed by atoms with Gasteiger partial charge in [-0.25, -0.2) is 18.2 Å². The van der Waals surface area contributed by atoms with E-state index in [2.05, 4.69) is 15.4 Å². The second-order valence-corrected chi connectivity index (χ2v) is 7.74. The van der Waals surface area contributed by atoms with Crippen LogP contribution in [0.2, 0.25) is 0 Å². The van der Waals surface area contributed by atoms with Gasteiger partial charge in [-0.15, -0.1) is 0 Å². The highest BCUT2D eigenvalue weighted by atomic mass is 19.1. The van der Waals surface area contributed by atoms with Crippen LogP contribution in [0.3, 0.4) is 0 Å². The van der Waals surface area contributed by atoms with Crippen molar-refractivity contribution >= 4 is 28.4 Å². The van der Waals surface area contributed by atoms with Crippen LogP contribution >= 0.6 is 0 Å². The maximum Gasteiger partial charge on any atom is 0.267 e. The van der Waals surface area contributed by atoms with Gasteiger partial charge in [0.2, 0.25) is 0 Å². The third-order valence-corrected chi connectivity index (χ3v) is 5.48. The Morgan fingerprint density at radius 1 is 1.11 bits per heavy atom.